The molecule has 0 fully saturated rings. The van der Waals surface area contributed by atoms with Crippen LogP contribution in [0.1, 0.15) is 20.7 Å². The average molecular weight is 299 g/mol. The summed E-state index contributed by atoms with van der Waals surface area (Å²) < 4.78 is 4.66. The van der Waals surface area contributed by atoms with Gasteiger partial charge in [0, 0.05) is 10.5 Å². The fourth-order valence-electron chi connectivity index (χ4n) is 2.19. The maximum Gasteiger partial charge on any atom is 0.338 e. The first kappa shape index (κ1) is 15.4. The third-order valence-corrected chi connectivity index (χ3v) is 3.11. The minimum atomic E-state index is -0.881. The number of hydrogen-bond acceptors (Lipinski definition) is 5. The number of carbonyl (C=O) groups is 2. The second kappa shape index (κ2) is 6.62. The molecule has 0 aliphatic heterocycles. The predicted octanol–water partition coefficient (Wildman–Crippen LogP) is 2.60. The van der Waals surface area contributed by atoms with Crippen LogP contribution < -0.4 is 0 Å². The van der Waals surface area contributed by atoms with Crippen molar-refractivity contribution >= 4 is 11.8 Å². The van der Waals surface area contributed by atoms with E-state index in [4.69, 9.17) is 0 Å². The molecular formula is C16H13NO5. The fourth-order valence-corrected chi connectivity index (χ4v) is 2.19. The number of ether oxygens (including phenoxy) is 1. The van der Waals surface area contributed by atoms with Gasteiger partial charge in [-0.25, -0.2) is 4.79 Å². The van der Waals surface area contributed by atoms with Gasteiger partial charge in [0.1, 0.15) is 0 Å². The lowest BCUT2D eigenvalue weighted by atomic mass is 9.92. The Morgan fingerprint density at radius 2 is 1.77 bits per heavy atom. The standard InChI is InChI=1S/C16H13NO5/c1-22-16(19)13-9-5-8-12(11-6-3-2-4-7-11)15(13)14(18)10-17(20)21/h2-9H,10H2,1H3. The monoisotopic (exact) mass is 299 g/mol. The van der Waals surface area contributed by atoms with Gasteiger partial charge in [0.2, 0.25) is 5.78 Å². The van der Waals surface area contributed by atoms with Gasteiger partial charge in [-0.05, 0) is 17.2 Å². The Kier molecular flexibility index (Phi) is 4.63. The third-order valence-electron chi connectivity index (χ3n) is 3.11. The molecule has 0 spiro atoms. The van der Waals surface area contributed by atoms with Crippen LogP contribution in [0.15, 0.2) is 48.5 Å². The molecule has 0 aliphatic rings. The van der Waals surface area contributed by atoms with Crippen molar-refractivity contribution < 1.29 is 19.2 Å². The number of carbonyl (C=O) groups excluding carboxylic acids is 2. The highest BCUT2D eigenvalue weighted by Crippen LogP contribution is 2.27. The van der Waals surface area contributed by atoms with Crippen LogP contribution in [0.2, 0.25) is 0 Å². The van der Waals surface area contributed by atoms with Crippen molar-refractivity contribution in [3.63, 3.8) is 0 Å². The molecular weight excluding hydrogens is 286 g/mol. The normalized spacial score (nSPS) is 10.0. The first-order chi connectivity index (χ1) is 10.5. The molecule has 0 aromatic heterocycles. The molecule has 112 valence electrons. The lowest BCUT2D eigenvalue weighted by Gasteiger charge is -2.11. The van der Waals surface area contributed by atoms with Gasteiger partial charge in [-0.3, -0.25) is 14.9 Å². The lowest BCUT2D eigenvalue weighted by Crippen LogP contribution is -2.19. The molecule has 2 rings (SSSR count). The second-order valence-electron chi connectivity index (χ2n) is 4.50. The number of nitro groups is 1. The molecule has 0 aliphatic carbocycles. The zero-order valence-electron chi connectivity index (χ0n) is 11.8. The minimum Gasteiger partial charge on any atom is -0.465 e. The van der Waals surface area contributed by atoms with E-state index in [9.17, 15) is 19.7 Å². The maximum atomic E-state index is 12.2. The fraction of sp³-hybridized carbons (Fsp3) is 0.125. The van der Waals surface area contributed by atoms with E-state index in [2.05, 4.69) is 4.74 Å². The Hall–Kier alpha value is -3.02. The first-order valence-corrected chi connectivity index (χ1v) is 6.46. The number of esters is 1. The van der Waals surface area contributed by atoms with Crippen LogP contribution in [0, 0.1) is 10.1 Å². The molecule has 0 heterocycles. The summed E-state index contributed by atoms with van der Waals surface area (Å²) >= 11 is 0. The molecule has 0 amide bonds. The molecule has 0 unspecified atom stereocenters. The Bertz CT molecular complexity index is 725. The molecule has 2 aromatic carbocycles. The Morgan fingerprint density at radius 1 is 1.09 bits per heavy atom. The summed E-state index contributed by atoms with van der Waals surface area (Å²) in [6.45, 7) is -0.881. The second-order valence-corrected chi connectivity index (χ2v) is 4.50. The van der Waals surface area contributed by atoms with Crippen molar-refractivity contribution in [2.24, 2.45) is 0 Å². The van der Waals surface area contributed by atoms with E-state index in [1.165, 1.54) is 13.2 Å². The van der Waals surface area contributed by atoms with Gasteiger partial charge in [0.25, 0.3) is 6.54 Å². The molecule has 0 saturated carbocycles. The molecule has 0 radical (unpaired) electrons. The van der Waals surface area contributed by atoms with Gasteiger partial charge in [-0.1, -0.05) is 42.5 Å². The number of ketones is 1. The van der Waals surface area contributed by atoms with E-state index in [0.717, 1.165) is 0 Å². The van der Waals surface area contributed by atoms with Gasteiger partial charge < -0.3 is 4.74 Å². The SMILES string of the molecule is COC(=O)c1cccc(-c2ccccc2)c1C(=O)C[N+](=O)[O-]. The van der Waals surface area contributed by atoms with Crippen molar-refractivity contribution in [2.45, 2.75) is 0 Å². The summed E-state index contributed by atoms with van der Waals surface area (Å²) in [6, 6.07) is 13.6. The van der Waals surface area contributed by atoms with Crippen LogP contribution in [0.3, 0.4) is 0 Å². The quantitative estimate of drug-likeness (QED) is 0.366. The van der Waals surface area contributed by atoms with Crippen LogP contribution in [0.4, 0.5) is 0 Å². The van der Waals surface area contributed by atoms with Crippen LogP contribution in [0.25, 0.3) is 11.1 Å². The van der Waals surface area contributed by atoms with Gasteiger partial charge in [-0.2, -0.15) is 0 Å². The highest BCUT2D eigenvalue weighted by Gasteiger charge is 2.24. The maximum absolute atomic E-state index is 12.2. The molecule has 22 heavy (non-hydrogen) atoms. The van der Waals surface area contributed by atoms with Crippen LogP contribution >= 0.6 is 0 Å². The van der Waals surface area contributed by atoms with Crippen molar-refractivity contribution in [1.29, 1.82) is 0 Å². The number of hydrogen-bond donors (Lipinski definition) is 0. The van der Waals surface area contributed by atoms with E-state index < -0.39 is 23.2 Å². The van der Waals surface area contributed by atoms with E-state index in [1.807, 2.05) is 6.07 Å². The smallest absolute Gasteiger partial charge is 0.338 e. The number of methoxy groups -OCH3 is 1. The zero-order valence-corrected chi connectivity index (χ0v) is 11.8. The van der Waals surface area contributed by atoms with Gasteiger partial charge in [0.05, 0.1) is 12.7 Å². The van der Waals surface area contributed by atoms with Crippen molar-refractivity contribution in [3.8, 4) is 11.1 Å². The summed E-state index contributed by atoms with van der Waals surface area (Å²) in [7, 11) is 1.19. The Labute approximate surface area is 126 Å². The number of rotatable bonds is 5. The number of benzene rings is 2. The van der Waals surface area contributed by atoms with E-state index in [1.54, 1.807) is 36.4 Å². The Balaban J connectivity index is 2.65. The van der Waals surface area contributed by atoms with Crippen molar-refractivity contribution in [3.05, 3.63) is 69.8 Å². The van der Waals surface area contributed by atoms with E-state index in [0.29, 0.717) is 11.1 Å². The first-order valence-electron chi connectivity index (χ1n) is 6.46. The summed E-state index contributed by atoms with van der Waals surface area (Å²) in [5.41, 5.74) is 1.20. The van der Waals surface area contributed by atoms with Crippen LogP contribution in [-0.4, -0.2) is 30.3 Å². The molecule has 0 atom stereocenters. The Morgan fingerprint density at radius 3 is 2.36 bits per heavy atom. The lowest BCUT2D eigenvalue weighted by molar-refractivity contribution is -0.465. The molecule has 0 bridgehead atoms. The number of nitrogens with zero attached hydrogens (tertiary/aromatic N) is 1. The highest BCUT2D eigenvalue weighted by molar-refractivity contribution is 6.11. The van der Waals surface area contributed by atoms with Crippen LogP contribution in [-0.2, 0) is 4.74 Å². The molecule has 2 aromatic rings. The van der Waals surface area contributed by atoms with E-state index >= 15 is 0 Å². The molecule has 6 nitrogen and oxygen atoms in total. The zero-order chi connectivity index (χ0) is 16.1. The van der Waals surface area contributed by atoms with Crippen molar-refractivity contribution in [2.75, 3.05) is 13.7 Å². The predicted molar refractivity (Wildman–Crippen MR) is 79.4 cm³/mol. The number of Topliss-reactive ketones (excluding diaryl/α,β-unsaturated/α-hetero) is 1. The van der Waals surface area contributed by atoms with Crippen molar-refractivity contribution in [1.82, 2.24) is 0 Å². The highest BCUT2D eigenvalue weighted by atomic mass is 16.6. The van der Waals surface area contributed by atoms with Gasteiger partial charge >= 0.3 is 5.97 Å². The minimum absolute atomic E-state index is 0.0113. The van der Waals surface area contributed by atoms with Crippen LogP contribution in [0.5, 0.6) is 0 Å². The molecule has 6 heteroatoms. The summed E-state index contributed by atoms with van der Waals surface area (Å²) in [5.74, 6) is -1.44. The molecule has 0 N–H and O–H groups in total. The summed E-state index contributed by atoms with van der Waals surface area (Å²) in [6.07, 6.45) is 0. The summed E-state index contributed by atoms with van der Waals surface area (Å²) in [4.78, 5) is 34.0. The largest absolute Gasteiger partial charge is 0.465 e. The summed E-state index contributed by atoms with van der Waals surface area (Å²) in [5, 5.41) is 10.7. The van der Waals surface area contributed by atoms with Gasteiger partial charge in [0.15, 0.2) is 0 Å². The third kappa shape index (κ3) is 3.17. The van der Waals surface area contributed by atoms with E-state index in [-0.39, 0.29) is 11.1 Å². The molecule has 0 saturated heterocycles. The van der Waals surface area contributed by atoms with Gasteiger partial charge in [-0.15, -0.1) is 0 Å². The topological polar surface area (TPSA) is 86.5 Å². The average Bonchev–Trinajstić information content (AvgIpc) is 2.53.